The minimum atomic E-state index is -0.471. The number of hydrogen-bond acceptors (Lipinski definition) is 4. The highest BCUT2D eigenvalue weighted by Crippen LogP contribution is 2.43. The normalized spacial score (nSPS) is 15.9. The summed E-state index contributed by atoms with van der Waals surface area (Å²) >= 11 is 0. The summed E-state index contributed by atoms with van der Waals surface area (Å²) in [5, 5.41) is 3.38. The first-order valence-electron chi connectivity index (χ1n) is 11.9. The van der Waals surface area contributed by atoms with Crippen LogP contribution in [0.2, 0.25) is 0 Å². The summed E-state index contributed by atoms with van der Waals surface area (Å²) in [6.07, 6.45) is 3.89. The maximum absolute atomic E-state index is 12.7. The second kappa shape index (κ2) is 10.7. The number of rotatable bonds is 5. The molecule has 1 fully saturated rings. The van der Waals surface area contributed by atoms with Crippen molar-refractivity contribution in [2.75, 3.05) is 26.2 Å². The average molecular weight is 450 g/mol. The van der Waals surface area contributed by atoms with Crippen LogP contribution < -0.4 is 15.8 Å². The number of nitrogens with zero attached hydrogens (tertiary/aromatic N) is 1. The van der Waals surface area contributed by atoms with E-state index >= 15 is 0 Å². The Morgan fingerprint density at radius 2 is 1.61 bits per heavy atom. The van der Waals surface area contributed by atoms with Gasteiger partial charge in [0.15, 0.2) is 0 Å². The van der Waals surface area contributed by atoms with Crippen LogP contribution in [0.1, 0.15) is 72.4 Å². The third-order valence-electron chi connectivity index (χ3n) is 6.22. The monoisotopic (exact) mass is 449 g/mol. The number of nitrogens with two attached hydrogens (primary N) is 1. The lowest BCUT2D eigenvalue weighted by Gasteiger charge is -2.40. The summed E-state index contributed by atoms with van der Waals surface area (Å²) in [4.78, 5) is 26.2. The van der Waals surface area contributed by atoms with E-state index in [0.717, 1.165) is 42.6 Å². The lowest BCUT2D eigenvalue weighted by Crippen LogP contribution is -2.46. The summed E-state index contributed by atoms with van der Waals surface area (Å²) < 4.78 is 6.44. The number of carbonyl (C=O) groups is 2. The molecule has 0 unspecified atom stereocenters. The van der Waals surface area contributed by atoms with Crippen molar-refractivity contribution in [2.24, 2.45) is 5.73 Å². The van der Waals surface area contributed by atoms with E-state index in [1.807, 2.05) is 62.9 Å². The van der Waals surface area contributed by atoms with Gasteiger partial charge in [-0.15, -0.1) is 0 Å². The van der Waals surface area contributed by atoms with Crippen LogP contribution in [0.4, 0.5) is 0 Å². The number of ether oxygens (including phenoxy) is 1. The van der Waals surface area contributed by atoms with Gasteiger partial charge in [-0.1, -0.05) is 26.0 Å². The van der Waals surface area contributed by atoms with Gasteiger partial charge in [0.05, 0.1) is 0 Å². The van der Waals surface area contributed by atoms with E-state index in [-0.39, 0.29) is 5.91 Å². The van der Waals surface area contributed by atoms with E-state index in [0.29, 0.717) is 30.0 Å². The Morgan fingerprint density at radius 3 is 2.18 bits per heavy atom. The molecule has 2 aliphatic heterocycles. The quantitative estimate of drug-likeness (QED) is 0.715. The lowest BCUT2D eigenvalue weighted by molar-refractivity contribution is 0.0772. The van der Waals surface area contributed by atoms with E-state index in [2.05, 4.69) is 11.4 Å². The molecule has 0 saturated carbocycles. The Labute approximate surface area is 196 Å². The third kappa shape index (κ3) is 5.11. The van der Waals surface area contributed by atoms with Crippen LogP contribution in [0.5, 0.6) is 5.75 Å². The fourth-order valence-corrected chi connectivity index (χ4v) is 4.39. The van der Waals surface area contributed by atoms with Crippen LogP contribution in [0.15, 0.2) is 48.5 Å². The summed E-state index contributed by atoms with van der Waals surface area (Å²) in [7, 11) is 0. The zero-order valence-corrected chi connectivity index (χ0v) is 20.1. The van der Waals surface area contributed by atoms with E-state index in [1.165, 1.54) is 0 Å². The zero-order valence-electron chi connectivity index (χ0n) is 20.1. The first kappa shape index (κ1) is 24.5. The number of hydrogen-bond donors (Lipinski definition) is 2. The Hall–Kier alpha value is -3.12. The first-order valence-corrected chi connectivity index (χ1v) is 11.9. The smallest absolute Gasteiger partial charge is 0.253 e. The molecule has 4 rings (SSSR count). The predicted molar refractivity (Wildman–Crippen MR) is 133 cm³/mol. The highest BCUT2D eigenvalue weighted by atomic mass is 16.5. The number of amides is 2. The number of fused-ring (bicyclic) bond motifs is 1. The fourth-order valence-electron chi connectivity index (χ4n) is 4.39. The third-order valence-corrected chi connectivity index (χ3v) is 6.22. The van der Waals surface area contributed by atoms with Gasteiger partial charge in [0.1, 0.15) is 11.4 Å². The highest BCUT2D eigenvalue weighted by molar-refractivity contribution is 5.96. The average Bonchev–Trinajstić information content (AvgIpc) is 2.85. The topological polar surface area (TPSA) is 84.7 Å². The number of piperidine rings is 1. The molecule has 0 radical (unpaired) electrons. The molecular formula is C27H35N3O3. The van der Waals surface area contributed by atoms with Gasteiger partial charge in [0.2, 0.25) is 5.91 Å². The van der Waals surface area contributed by atoms with Gasteiger partial charge in [0.25, 0.3) is 5.91 Å². The minimum absolute atomic E-state index is 0.0406. The maximum atomic E-state index is 12.7. The van der Waals surface area contributed by atoms with E-state index in [9.17, 15) is 9.59 Å². The van der Waals surface area contributed by atoms with Crippen LogP contribution in [0.3, 0.4) is 0 Å². The van der Waals surface area contributed by atoms with Crippen LogP contribution in [-0.4, -0.2) is 48.5 Å². The molecule has 0 aromatic heterocycles. The first-order chi connectivity index (χ1) is 16.0. The number of benzene rings is 2. The molecule has 6 nitrogen and oxygen atoms in total. The Balaban J connectivity index is 0.00000149. The van der Waals surface area contributed by atoms with Gasteiger partial charge < -0.3 is 20.7 Å². The van der Waals surface area contributed by atoms with Crippen molar-refractivity contribution in [3.05, 3.63) is 70.8 Å². The molecule has 1 spiro atoms. The summed E-state index contributed by atoms with van der Waals surface area (Å²) in [5.41, 5.74) is 9.20. The molecule has 6 heteroatoms. The van der Waals surface area contributed by atoms with Crippen LogP contribution in [0, 0.1) is 0 Å². The largest absolute Gasteiger partial charge is 0.482 e. The van der Waals surface area contributed by atoms with Crippen LogP contribution in [-0.2, 0) is 0 Å². The summed E-state index contributed by atoms with van der Waals surface area (Å²) in [5.74, 6) is 0.249. The second-order valence-corrected chi connectivity index (χ2v) is 8.10. The minimum Gasteiger partial charge on any atom is -0.482 e. The molecule has 2 aromatic carbocycles. The van der Waals surface area contributed by atoms with Gasteiger partial charge in [-0.3, -0.25) is 9.59 Å². The van der Waals surface area contributed by atoms with Gasteiger partial charge in [-0.25, -0.2) is 0 Å². The molecule has 2 aliphatic rings. The van der Waals surface area contributed by atoms with Gasteiger partial charge in [-0.05, 0) is 74.5 Å². The molecule has 1 saturated heterocycles. The molecule has 2 amide bonds. The van der Waals surface area contributed by atoms with Crippen molar-refractivity contribution in [2.45, 2.75) is 46.1 Å². The maximum Gasteiger partial charge on any atom is 0.253 e. The fraction of sp³-hybridized carbons (Fsp3) is 0.407. The Morgan fingerprint density at radius 1 is 1.00 bits per heavy atom. The van der Waals surface area contributed by atoms with Gasteiger partial charge >= 0.3 is 0 Å². The van der Waals surface area contributed by atoms with Gasteiger partial charge in [0, 0.05) is 42.6 Å². The predicted octanol–water partition coefficient (Wildman–Crippen LogP) is 4.24. The second-order valence-electron chi connectivity index (χ2n) is 8.10. The number of carbonyl (C=O) groups excluding carboxylic acids is 2. The molecule has 176 valence electrons. The summed E-state index contributed by atoms with van der Waals surface area (Å²) in [6, 6.07) is 13.1. The Kier molecular flexibility index (Phi) is 7.92. The van der Waals surface area contributed by atoms with E-state index < -0.39 is 11.5 Å². The molecular weight excluding hydrogens is 414 g/mol. The van der Waals surface area contributed by atoms with Crippen molar-refractivity contribution < 1.29 is 14.3 Å². The van der Waals surface area contributed by atoms with Gasteiger partial charge in [-0.2, -0.15) is 0 Å². The number of nitrogens with one attached hydrogen (secondary N) is 1. The van der Waals surface area contributed by atoms with Crippen LogP contribution >= 0.6 is 0 Å². The summed E-state index contributed by atoms with van der Waals surface area (Å²) in [6.45, 7) is 11.1. The van der Waals surface area contributed by atoms with E-state index in [1.54, 1.807) is 12.1 Å². The van der Waals surface area contributed by atoms with Crippen molar-refractivity contribution in [1.29, 1.82) is 0 Å². The molecule has 2 heterocycles. The Bertz CT molecular complexity index is 1020. The van der Waals surface area contributed by atoms with Crippen molar-refractivity contribution in [3.8, 4) is 5.75 Å². The van der Waals surface area contributed by atoms with Crippen molar-refractivity contribution >= 4 is 17.4 Å². The molecule has 3 N–H and O–H groups in total. The zero-order chi connectivity index (χ0) is 24.0. The molecule has 0 aliphatic carbocycles. The van der Waals surface area contributed by atoms with E-state index in [4.69, 9.17) is 10.5 Å². The molecule has 0 bridgehead atoms. The molecule has 33 heavy (non-hydrogen) atoms. The standard InChI is InChI=1S/C25H29N3O3.C2H6/c1-3-28(4-2)24(30)18-7-5-17(6-8-18)21-16-25(11-13-27-14-12-25)31-22-15-19(23(26)29)9-10-20(21)22;1-2/h5-10,15-16,27H,3-4,11-14H2,1-2H3,(H2,26,29);1-2H3. The number of primary amides is 1. The molecule has 0 atom stereocenters. The van der Waals surface area contributed by atoms with Crippen LogP contribution in [0.25, 0.3) is 5.57 Å². The van der Waals surface area contributed by atoms with Crippen molar-refractivity contribution in [3.63, 3.8) is 0 Å². The SMILES string of the molecule is CC.CCN(CC)C(=O)c1ccc(C2=CC3(CCNCC3)Oc3cc(C(N)=O)ccc32)cc1. The highest BCUT2D eigenvalue weighted by Gasteiger charge is 2.37. The molecule has 2 aromatic rings. The van der Waals surface area contributed by atoms with Crippen molar-refractivity contribution in [1.82, 2.24) is 10.2 Å². The lowest BCUT2D eigenvalue weighted by atomic mass is 9.83.